The summed E-state index contributed by atoms with van der Waals surface area (Å²) in [7, 11) is 0. The Balaban J connectivity index is 1.86. The van der Waals surface area contributed by atoms with Crippen molar-refractivity contribution in [3.05, 3.63) is 75.0 Å². The summed E-state index contributed by atoms with van der Waals surface area (Å²) in [6.45, 7) is 7.75. The SMILES string of the molecule is Cc1cc(C)nc(N=C(NC(=O)Nc2ccc(Cl)c(Cl)c2)Nc2ccc(C)c(C)c2)n1. The van der Waals surface area contributed by atoms with Crippen molar-refractivity contribution >= 4 is 52.5 Å². The number of amides is 2. The lowest BCUT2D eigenvalue weighted by atomic mass is 10.1. The molecule has 0 aliphatic heterocycles. The van der Waals surface area contributed by atoms with Crippen molar-refractivity contribution in [3.63, 3.8) is 0 Å². The van der Waals surface area contributed by atoms with Crippen LogP contribution in [0.4, 0.5) is 22.1 Å². The molecule has 31 heavy (non-hydrogen) atoms. The Morgan fingerprint density at radius 2 is 1.45 bits per heavy atom. The van der Waals surface area contributed by atoms with Gasteiger partial charge in [0, 0.05) is 22.8 Å². The highest BCUT2D eigenvalue weighted by Gasteiger charge is 2.10. The molecule has 0 saturated carbocycles. The second-order valence-corrected chi connectivity index (χ2v) is 7.86. The molecule has 160 valence electrons. The van der Waals surface area contributed by atoms with Gasteiger partial charge < -0.3 is 10.6 Å². The number of carbonyl (C=O) groups is 1. The summed E-state index contributed by atoms with van der Waals surface area (Å²) in [6.07, 6.45) is 0. The molecule has 0 radical (unpaired) electrons. The van der Waals surface area contributed by atoms with Gasteiger partial charge in [-0.15, -0.1) is 0 Å². The summed E-state index contributed by atoms with van der Waals surface area (Å²) in [5, 5.41) is 9.26. The molecule has 2 amide bonds. The lowest BCUT2D eigenvalue weighted by Gasteiger charge is -2.13. The molecule has 0 aliphatic rings. The molecule has 9 heteroatoms. The summed E-state index contributed by atoms with van der Waals surface area (Å²) in [5.74, 6) is 0.407. The van der Waals surface area contributed by atoms with Crippen molar-refractivity contribution in [2.24, 2.45) is 4.99 Å². The molecule has 1 heterocycles. The van der Waals surface area contributed by atoms with Crippen LogP contribution in [0, 0.1) is 27.7 Å². The van der Waals surface area contributed by atoms with Crippen molar-refractivity contribution in [2.75, 3.05) is 10.6 Å². The number of halogens is 2. The van der Waals surface area contributed by atoms with Gasteiger partial charge in [-0.05, 0) is 75.2 Å². The minimum absolute atomic E-state index is 0.172. The first-order valence-electron chi connectivity index (χ1n) is 9.48. The van der Waals surface area contributed by atoms with Gasteiger partial charge in [-0.2, -0.15) is 4.99 Å². The fourth-order valence-corrected chi connectivity index (χ4v) is 3.04. The molecule has 1 aromatic heterocycles. The van der Waals surface area contributed by atoms with Gasteiger partial charge in [0.05, 0.1) is 10.0 Å². The summed E-state index contributed by atoms with van der Waals surface area (Å²) in [4.78, 5) is 25.6. The van der Waals surface area contributed by atoms with E-state index in [0.29, 0.717) is 15.7 Å². The quantitative estimate of drug-likeness (QED) is 0.335. The Bertz CT molecular complexity index is 1140. The van der Waals surface area contributed by atoms with Crippen molar-refractivity contribution in [3.8, 4) is 0 Å². The number of hydrogen-bond acceptors (Lipinski definition) is 4. The Labute approximate surface area is 190 Å². The molecule has 7 nitrogen and oxygen atoms in total. The van der Waals surface area contributed by atoms with Crippen LogP contribution >= 0.6 is 23.2 Å². The molecule has 0 atom stereocenters. The van der Waals surface area contributed by atoms with E-state index >= 15 is 0 Å². The van der Waals surface area contributed by atoms with Gasteiger partial charge in [0.15, 0.2) is 0 Å². The fourth-order valence-electron chi connectivity index (χ4n) is 2.74. The van der Waals surface area contributed by atoms with E-state index in [1.165, 1.54) is 0 Å². The lowest BCUT2D eigenvalue weighted by Crippen LogP contribution is -2.38. The molecule has 3 N–H and O–H groups in total. The minimum atomic E-state index is -0.516. The van der Waals surface area contributed by atoms with Crippen LogP contribution in [0.2, 0.25) is 10.0 Å². The smallest absolute Gasteiger partial charge is 0.326 e. The van der Waals surface area contributed by atoms with E-state index in [1.54, 1.807) is 18.2 Å². The van der Waals surface area contributed by atoms with Crippen LogP contribution in [-0.2, 0) is 0 Å². The van der Waals surface area contributed by atoms with E-state index in [2.05, 4.69) is 30.9 Å². The third kappa shape index (κ3) is 6.41. The van der Waals surface area contributed by atoms with E-state index < -0.39 is 6.03 Å². The van der Waals surface area contributed by atoms with Crippen LogP contribution < -0.4 is 16.0 Å². The maximum Gasteiger partial charge on any atom is 0.326 e. The number of nitrogens with one attached hydrogen (secondary N) is 3. The monoisotopic (exact) mass is 456 g/mol. The molecule has 0 aliphatic carbocycles. The number of hydrogen-bond donors (Lipinski definition) is 3. The second kappa shape index (κ2) is 9.76. The predicted octanol–water partition coefficient (Wildman–Crippen LogP) is 5.94. The number of rotatable bonds is 3. The fraction of sp³-hybridized carbons (Fsp3) is 0.182. The van der Waals surface area contributed by atoms with Gasteiger partial charge >= 0.3 is 6.03 Å². The molecule has 0 spiro atoms. The summed E-state index contributed by atoms with van der Waals surface area (Å²) in [6, 6.07) is 12.0. The minimum Gasteiger partial charge on any atom is -0.326 e. The third-order valence-corrected chi connectivity index (χ3v) is 5.10. The zero-order valence-electron chi connectivity index (χ0n) is 17.5. The molecule has 0 fully saturated rings. The zero-order chi connectivity index (χ0) is 22.5. The van der Waals surface area contributed by atoms with Gasteiger partial charge in [-0.3, -0.25) is 5.32 Å². The highest BCUT2D eigenvalue weighted by atomic mass is 35.5. The standard InChI is InChI=1S/C22H22Cl2N6O/c1-12-5-6-16(9-13(12)2)27-21(29-20-25-14(3)10-15(4)26-20)30-22(31)28-17-7-8-18(23)19(24)11-17/h5-11H,1-4H3,(H3,25,26,27,28,29,30,31). The number of carbonyl (C=O) groups excluding carboxylic acids is 1. The zero-order valence-corrected chi connectivity index (χ0v) is 19.1. The number of nitrogens with zero attached hydrogens (tertiary/aromatic N) is 3. The van der Waals surface area contributed by atoms with Gasteiger partial charge in [0.1, 0.15) is 0 Å². The van der Waals surface area contributed by atoms with Gasteiger partial charge in [0.25, 0.3) is 5.95 Å². The average molecular weight is 457 g/mol. The van der Waals surface area contributed by atoms with E-state index in [4.69, 9.17) is 23.2 Å². The highest BCUT2D eigenvalue weighted by Crippen LogP contribution is 2.25. The number of aliphatic imine (C=N–C) groups is 1. The normalized spacial score (nSPS) is 11.2. The molecule has 0 unspecified atom stereocenters. The number of aryl methyl sites for hydroxylation is 4. The summed E-state index contributed by atoms with van der Waals surface area (Å²) in [5.41, 5.74) is 5.06. The van der Waals surface area contributed by atoms with Crippen LogP contribution in [0.15, 0.2) is 47.5 Å². The van der Waals surface area contributed by atoms with Crippen molar-refractivity contribution < 1.29 is 4.79 Å². The van der Waals surface area contributed by atoms with Crippen LogP contribution in [0.3, 0.4) is 0 Å². The number of guanidine groups is 1. The van der Waals surface area contributed by atoms with E-state index in [-0.39, 0.29) is 11.9 Å². The van der Waals surface area contributed by atoms with E-state index in [0.717, 1.165) is 28.2 Å². The first kappa shape index (κ1) is 22.5. The lowest BCUT2D eigenvalue weighted by molar-refractivity contribution is 0.256. The van der Waals surface area contributed by atoms with Gasteiger partial charge in [-0.25, -0.2) is 14.8 Å². The third-order valence-electron chi connectivity index (χ3n) is 4.36. The number of anilines is 2. The maximum atomic E-state index is 12.6. The summed E-state index contributed by atoms with van der Waals surface area (Å²) < 4.78 is 0. The van der Waals surface area contributed by atoms with E-state index in [9.17, 15) is 4.79 Å². The van der Waals surface area contributed by atoms with Crippen molar-refractivity contribution in [2.45, 2.75) is 27.7 Å². The van der Waals surface area contributed by atoms with Crippen LogP contribution in [0.25, 0.3) is 0 Å². The van der Waals surface area contributed by atoms with Gasteiger partial charge in [0.2, 0.25) is 5.96 Å². The first-order valence-corrected chi connectivity index (χ1v) is 10.2. The van der Waals surface area contributed by atoms with Crippen LogP contribution in [-0.4, -0.2) is 22.0 Å². The molecular formula is C22H22Cl2N6O. The Kier molecular flexibility index (Phi) is 7.09. The molecular weight excluding hydrogens is 435 g/mol. The summed E-state index contributed by atoms with van der Waals surface area (Å²) >= 11 is 11.9. The molecule has 0 bridgehead atoms. The predicted molar refractivity (Wildman–Crippen MR) is 127 cm³/mol. The Morgan fingerprint density at radius 3 is 2.10 bits per heavy atom. The molecule has 2 aromatic carbocycles. The largest absolute Gasteiger partial charge is 0.326 e. The first-order chi connectivity index (χ1) is 14.7. The molecule has 3 rings (SSSR count). The van der Waals surface area contributed by atoms with Crippen LogP contribution in [0.5, 0.6) is 0 Å². The number of benzene rings is 2. The highest BCUT2D eigenvalue weighted by molar-refractivity contribution is 6.42. The Hall–Kier alpha value is -3.16. The second-order valence-electron chi connectivity index (χ2n) is 7.04. The topological polar surface area (TPSA) is 91.3 Å². The van der Waals surface area contributed by atoms with Gasteiger partial charge in [-0.1, -0.05) is 29.3 Å². The van der Waals surface area contributed by atoms with E-state index in [1.807, 2.05) is 52.0 Å². The Morgan fingerprint density at radius 1 is 0.806 bits per heavy atom. The number of urea groups is 1. The average Bonchev–Trinajstić information content (AvgIpc) is 2.67. The van der Waals surface area contributed by atoms with Crippen molar-refractivity contribution in [1.82, 2.24) is 15.3 Å². The molecule has 3 aromatic rings. The van der Waals surface area contributed by atoms with Crippen molar-refractivity contribution in [1.29, 1.82) is 0 Å². The maximum absolute atomic E-state index is 12.6. The van der Waals surface area contributed by atoms with Crippen LogP contribution in [0.1, 0.15) is 22.5 Å². The number of aromatic nitrogens is 2. The molecule has 0 saturated heterocycles.